The van der Waals surface area contributed by atoms with Gasteiger partial charge in [0.2, 0.25) is 0 Å². The number of hydrogen-bond acceptors (Lipinski definition) is 4. The maximum absolute atomic E-state index is 4.52. The van der Waals surface area contributed by atoms with E-state index in [1.807, 2.05) is 26.1 Å². The van der Waals surface area contributed by atoms with Crippen LogP contribution < -0.4 is 10.7 Å². The van der Waals surface area contributed by atoms with Crippen LogP contribution in [0.1, 0.15) is 39.3 Å². The van der Waals surface area contributed by atoms with Gasteiger partial charge in [0.25, 0.3) is 0 Å². The first-order valence-corrected chi connectivity index (χ1v) is 5.46. The fourth-order valence-corrected chi connectivity index (χ4v) is 1.48. The molecule has 0 spiro atoms. The topological polar surface area (TPSA) is 50.5 Å². The molecule has 1 aliphatic rings. The second kappa shape index (κ2) is 5.01. The van der Waals surface area contributed by atoms with E-state index in [4.69, 9.17) is 0 Å². The van der Waals surface area contributed by atoms with Gasteiger partial charge in [0.05, 0.1) is 11.2 Å². The lowest BCUT2D eigenvalue weighted by molar-refractivity contribution is 0.671. The molecule has 4 nitrogen and oxygen atoms in total. The Morgan fingerprint density at radius 2 is 1.88 bits per heavy atom. The van der Waals surface area contributed by atoms with E-state index in [2.05, 4.69) is 34.0 Å². The molecule has 0 aromatic carbocycles. The van der Waals surface area contributed by atoms with Crippen LogP contribution in [0, 0.1) is 0 Å². The molecule has 0 saturated heterocycles. The molecule has 2 rings (SSSR count). The van der Waals surface area contributed by atoms with Crippen LogP contribution in [0.5, 0.6) is 0 Å². The molecule has 92 valence electrons. The van der Waals surface area contributed by atoms with Gasteiger partial charge in [-0.15, -0.1) is 5.10 Å². The van der Waals surface area contributed by atoms with Crippen LogP contribution >= 0.6 is 9.90 Å². The van der Waals surface area contributed by atoms with Crippen LogP contribution in [-0.4, -0.2) is 22.0 Å². The van der Waals surface area contributed by atoms with Gasteiger partial charge in [0.1, 0.15) is 0 Å². The second-order valence-electron chi connectivity index (χ2n) is 4.88. The minimum absolute atomic E-state index is 0. The summed E-state index contributed by atoms with van der Waals surface area (Å²) in [7, 11) is 0. The van der Waals surface area contributed by atoms with E-state index >= 15 is 0 Å². The van der Waals surface area contributed by atoms with E-state index in [0.717, 1.165) is 10.9 Å². The minimum atomic E-state index is -0.310. The molecule has 1 aromatic rings. The Morgan fingerprint density at radius 1 is 1.18 bits per heavy atom. The monoisotopic (exact) mass is 250 g/mol. The normalized spacial score (nSPS) is 16.3. The van der Waals surface area contributed by atoms with Crippen molar-refractivity contribution in [2.24, 2.45) is 9.98 Å². The number of aromatic nitrogens is 2. The fourth-order valence-electron chi connectivity index (χ4n) is 1.48. The zero-order valence-electron chi connectivity index (χ0n) is 10.8. The standard InChI is InChI=1S/C12H16N4.H3P/c1-8(2)10-5-9-6-13-7-12(3,4)14-11(9)16-15-10;/h5-8H,1-4H3;1H3. The maximum Gasteiger partial charge on any atom is 0.179 e. The summed E-state index contributed by atoms with van der Waals surface area (Å²) in [6.07, 6.45) is 3.62. The van der Waals surface area contributed by atoms with E-state index in [1.165, 1.54) is 0 Å². The van der Waals surface area contributed by atoms with Gasteiger partial charge in [0, 0.05) is 17.6 Å². The predicted molar refractivity (Wildman–Crippen MR) is 75.0 cm³/mol. The smallest absolute Gasteiger partial charge is 0.179 e. The number of nitrogens with zero attached hydrogens (tertiary/aromatic N) is 4. The third-order valence-corrected chi connectivity index (χ3v) is 2.41. The van der Waals surface area contributed by atoms with Crippen molar-refractivity contribution in [1.29, 1.82) is 0 Å². The lowest BCUT2D eigenvalue weighted by atomic mass is 10.1. The van der Waals surface area contributed by atoms with Crippen LogP contribution in [-0.2, 0) is 0 Å². The molecule has 2 heterocycles. The molecule has 17 heavy (non-hydrogen) atoms. The Balaban J connectivity index is 0.00000144. The Hall–Kier alpha value is -1.15. The average molecular weight is 250 g/mol. The van der Waals surface area contributed by atoms with Crippen molar-refractivity contribution < 1.29 is 0 Å². The van der Waals surface area contributed by atoms with E-state index in [1.54, 1.807) is 6.20 Å². The van der Waals surface area contributed by atoms with Crippen molar-refractivity contribution in [2.75, 3.05) is 0 Å². The quantitative estimate of drug-likeness (QED) is 0.695. The Kier molecular flexibility index (Phi) is 4.10. The van der Waals surface area contributed by atoms with Gasteiger partial charge >= 0.3 is 0 Å². The van der Waals surface area contributed by atoms with Crippen LogP contribution in [0.4, 0.5) is 0 Å². The summed E-state index contributed by atoms with van der Waals surface area (Å²) in [5.41, 5.74) is 1.34. The molecule has 1 aromatic heterocycles. The zero-order valence-corrected chi connectivity index (χ0v) is 12.2. The lowest BCUT2D eigenvalue weighted by Gasteiger charge is -2.10. The summed E-state index contributed by atoms with van der Waals surface area (Å²) in [5.74, 6) is 0.367. The number of fused-ring (bicyclic) bond motifs is 1. The third kappa shape index (κ3) is 3.16. The molecule has 0 aliphatic carbocycles. The van der Waals surface area contributed by atoms with Crippen molar-refractivity contribution >= 4 is 22.3 Å². The number of hydrogen-bond donors (Lipinski definition) is 0. The summed E-state index contributed by atoms with van der Waals surface area (Å²) >= 11 is 0. The van der Waals surface area contributed by atoms with Crippen molar-refractivity contribution in [3.63, 3.8) is 0 Å². The Bertz CT molecular complexity index is 546. The first-order chi connectivity index (χ1) is 7.48. The maximum atomic E-state index is 4.52. The van der Waals surface area contributed by atoms with Crippen molar-refractivity contribution in [2.45, 2.75) is 39.2 Å². The fraction of sp³-hybridized carbons (Fsp3) is 0.500. The van der Waals surface area contributed by atoms with Gasteiger partial charge in [-0.05, 0) is 25.8 Å². The molecule has 5 heteroatoms. The summed E-state index contributed by atoms with van der Waals surface area (Å²) in [4.78, 5) is 8.77. The first-order valence-electron chi connectivity index (χ1n) is 5.46. The molecular weight excluding hydrogens is 231 g/mol. The van der Waals surface area contributed by atoms with Crippen molar-refractivity contribution in [3.05, 3.63) is 22.5 Å². The molecule has 0 fully saturated rings. The Labute approximate surface area is 105 Å². The molecule has 0 radical (unpaired) electrons. The van der Waals surface area contributed by atoms with Gasteiger partial charge in [-0.3, -0.25) is 9.98 Å². The van der Waals surface area contributed by atoms with Crippen LogP contribution in [0.15, 0.2) is 16.1 Å². The van der Waals surface area contributed by atoms with E-state index in [9.17, 15) is 0 Å². The average Bonchev–Trinajstić information content (AvgIpc) is 2.33. The highest BCUT2D eigenvalue weighted by atomic mass is 31.0. The molecular formula is C12H19N4P. The van der Waals surface area contributed by atoms with Crippen LogP contribution in [0.3, 0.4) is 0 Å². The van der Waals surface area contributed by atoms with Crippen LogP contribution in [0.25, 0.3) is 6.20 Å². The van der Waals surface area contributed by atoms with Crippen molar-refractivity contribution in [3.8, 4) is 0 Å². The summed E-state index contributed by atoms with van der Waals surface area (Å²) < 4.78 is 0. The first kappa shape index (κ1) is 13.9. The van der Waals surface area contributed by atoms with Gasteiger partial charge in [-0.25, -0.2) is 0 Å². The largest absolute Gasteiger partial charge is 0.266 e. The molecule has 1 unspecified atom stereocenters. The molecule has 1 aliphatic heterocycles. The highest BCUT2D eigenvalue weighted by Crippen LogP contribution is 2.07. The molecule has 0 amide bonds. The molecule has 0 N–H and O–H groups in total. The molecule has 0 bridgehead atoms. The SMILES string of the molecule is CC(C)c1cc2c(nn1)=NC(C)(C)C=NC=2.P. The number of rotatable bonds is 1. The van der Waals surface area contributed by atoms with Gasteiger partial charge in [0.15, 0.2) is 5.49 Å². The van der Waals surface area contributed by atoms with E-state index < -0.39 is 0 Å². The number of aliphatic imine (C=N–C) groups is 1. The third-order valence-electron chi connectivity index (χ3n) is 2.41. The van der Waals surface area contributed by atoms with Crippen LogP contribution in [0.2, 0.25) is 0 Å². The van der Waals surface area contributed by atoms with E-state index in [-0.39, 0.29) is 15.4 Å². The minimum Gasteiger partial charge on any atom is -0.266 e. The lowest BCUT2D eigenvalue weighted by Crippen LogP contribution is -2.34. The van der Waals surface area contributed by atoms with E-state index in [0.29, 0.717) is 11.4 Å². The molecule has 0 saturated carbocycles. The summed E-state index contributed by atoms with van der Waals surface area (Å²) in [6, 6.07) is 2.01. The second-order valence-corrected chi connectivity index (χ2v) is 4.88. The molecule has 1 atom stereocenters. The predicted octanol–water partition coefficient (Wildman–Crippen LogP) is 0.879. The Morgan fingerprint density at radius 3 is 2.53 bits per heavy atom. The highest BCUT2D eigenvalue weighted by Gasteiger charge is 2.14. The van der Waals surface area contributed by atoms with Crippen molar-refractivity contribution in [1.82, 2.24) is 10.2 Å². The van der Waals surface area contributed by atoms with Gasteiger partial charge in [-0.2, -0.15) is 15.0 Å². The summed E-state index contributed by atoms with van der Waals surface area (Å²) in [6.45, 7) is 8.18. The zero-order chi connectivity index (χ0) is 11.8. The van der Waals surface area contributed by atoms with Gasteiger partial charge in [-0.1, -0.05) is 13.8 Å². The summed E-state index contributed by atoms with van der Waals surface area (Å²) in [5, 5.41) is 9.29. The highest BCUT2D eigenvalue weighted by molar-refractivity contribution is 6.92. The van der Waals surface area contributed by atoms with Gasteiger partial charge < -0.3 is 0 Å².